The molecule has 0 spiro atoms. The largest absolute Gasteiger partial charge is 0.491 e. The quantitative estimate of drug-likeness (QED) is 0.877. The highest BCUT2D eigenvalue weighted by molar-refractivity contribution is 5.65. The summed E-state index contributed by atoms with van der Waals surface area (Å²) in [6, 6.07) is 17.4. The minimum absolute atomic E-state index is 0.0588. The third kappa shape index (κ3) is 4.19. The van der Waals surface area contributed by atoms with E-state index >= 15 is 0 Å². The van der Waals surface area contributed by atoms with Crippen LogP contribution in [0.3, 0.4) is 0 Å². The second-order valence-corrected chi connectivity index (χ2v) is 5.83. The molecule has 1 amide bonds. The van der Waals surface area contributed by atoms with Gasteiger partial charge in [-0.15, -0.1) is 0 Å². The molecular weight excluding hydrogens is 306 g/mol. The van der Waals surface area contributed by atoms with E-state index in [0.717, 1.165) is 29.9 Å². The molecule has 126 valence electrons. The minimum Gasteiger partial charge on any atom is -0.491 e. The predicted octanol–water partition coefficient (Wildman–Crippen LogP) is 3.79. The van der Waals surface area contributed by atoms with Gasteiger partial charge in [0.2, 0.25) is 0 Å². The number of hydrogen-bond acceptors (Lipinski definition) is 3. The monoisotopic (exact) mass is 327 g/mol. The van der Waals surface area contributed by atoms with Crippen LogP contribution in [0, 0.1) is 0 Å². The molecule has 24 heavy (non-hydrogen) atoms. The van der Waals surface area contributed by atoms with Gasteiger partial charge in [-0.05, 0) is 42.7 Å². The number of amides is 1. The molecule has 1 fully saturated rings. The second kappa shape index (κ2) is 7.73. The number of hydrogen-bond donors (Lipinski definition) is 1. The third-order valence-electron chi connectivity index (χ3n) is 4.14. The fourth-order valence-corrected chi connectivity index (χ4v) is 2.83. The van der Waals surface area contributed by atoms with E-state index < -0.39 is 6.09 Å². The van der Waals surface area contributed by atoms with Gasteiger partial charge in [-0.25, -0.2) is 4.79 Å². The van der Waals surface area contributed by atoms with Crippen LogP contribution >= 0.6 is 0 Å². The number of rotatable bonds is 6. The Morgan fingerprint density at radius 3 is 2.38 bits per heavy atom. The number of carboxylic acid groups (broad SMARTS) is 1. The molecule has 0 bridgehead atoms. The van der Waals surface area contributed by atoms with Gasteiger partial charge in [0, 0.05) is 6.54 Å². The average molecular weight is 327 g/mol. The van der Waals surface area contributed by atoms with Gasteiger partial charge in [0.25, 0.3) is 0 Å². The lowest BCUT2D eigenvalue weighted by atomic mass is 10.2. The lowest BCUT2D eigenvalue weighted by Gasteiger charge is -2.21. The molecule has 0 radical (unpaired) electrons. The van der Waals surface area contributed by atoms with Crippen molar-refractivity contribution in [2.45, 2.75) is 25.5 Å². The maximum atomic E-state index is 11.1. The van der Waals surface area contributed by atoms with Crippen molar-refractivity contribution in [2.24, 2.45) is 0 Å². The van der Waals surface area contributed by atoms with Gasteiger partial charge in [0.1, 0.15) is 24.7 Å². The summed E-state index contributed by atoms with van der Waals surface area (Å²) < 4.78 is 11.5. The van der Waals surface area contributed by atoms with Crippen LogP contribution < -0.4 is 9.47 Å². The molecule has 0 unspecified atom stereocenters. The Hall–Kier alpha value is -2.69. The van der Waals surface area contributed by atoms with Crippen LogP contribution in [-0.4, -0.2) is 35.3 Å². The molecule has 2 aromatic carbocycles. The van der Waals surface area contributed by atoms with Gasteiger partial charge in [-0.3, -0.25) is 0 Å². The van der Waals surface area contributed by atoms with E-state index in [1.165, 1.54) is 4.90 Å². The van der Waals surface area contributed by atoms with Crippen LogP contribution in [0.25, 0.3) is 0 Å². The Bertz CT molecular complexity index is 657. The van der Waals surface area contributed by atoms with E-state index in [1.807, 2.05) is 54.6 Å². The highest BCUT2D eigenvalue weighted by Gasteiger charge is 2.28. The van der Waals surface area contributed by atoms with Crippen molar-refractivity contribution in [1.82, 2.24) is 4.90 Å². The van der Waals surface area contributed by atoms with Crippen molar-refractivity contribution in [3.8, 4) is 11.5 Å². The summed E-state index contributed by atoms with van der Waals surface area (Å²) in [4.78, 5) is 12.6. The van der Waals surface area contributed by atoms with Crippen molar-refractivity contribution >= 4 is 6.09 Å². The molecule has 2 aromatic rings. The van der Waals surface area contributed by atoms with E-state index in [9.17, 15) is 4.79 Å². The van der Waals surface area contributed by atoms with Crippen molar-refractivity contribution in [2.75, 3.05) is 13.2 Å². The third-order valence-corrected chi connectivity index (χ3v) is 4.14. The Morgan fingerprint density at radius 2 is 1.71 bits per heavy atom. The molecule has 3 rings (SSSR count). The van der Waals surface area contributed by atoms with E-state index in [2.05, 4.69) is 0 Å². The second-order valence-electron chi connectivity index (χ2n) is 5.83. The van der Waals surface area contributed by atoms with Crippen LogP contribution in [0.15, 0.2) is 54.6 Å². The number of nitrogens with zero attached hydrogens (tertiary/aromatic N) is 1. The van der Waals surface area contributed by atoms with E-state index in [0.29, 0.717) is 19.8 Å². The van der Waals surface area contributed by atoms with Gasteiger partial charge in [-0.1, -0.05) is 30.3 Å². The Kier molecular flexibility index (Phi) is 5.21. The molecule has 1 heterocycles. The first-order valence-electron chi connectivity index (χ1n) is 8.11. The SMILES string of the molecule is O=C(O)N1CCC[C@H]1COc1ccc(OCc2ccccc2)cc1. The van der Waals surface area contributed by atoms with Crippen molar-refractivity contribution in [3.63, 3.8) is 0 Å². The summed E-state index contributed by atoms with van der Waals surface area (Å²) in [5.74, 6) is 1.50. The summed E-state index contributed by atoms with van der Waals surface area (Å²) in [5.41, 5.74) is 1.12. The lowest BCUT2D eigenvalue weighted by molar-refractivity contribution is 0.123. The maximum Gasteiger partial charge on any atom is 0.407 e. The molecule has 5 nitrogen and oxygen atoms in total. The van der Waals surface area contributed by atoms with Crippen molar-refractivity contribution in [1.29, 1.82) is 0 Å². The number of likely N-dealkylation sites (tertiary alicyclic amines) is 1. The molecule has 5 heteroatoms. The van der Waals surface area contributed by atoms with Gasteiger partial charge < -0.3 is 19.5 Å². The fraction of sp³-hybridized carbons (Fsp3) is 0.316. The van der Waals surface area contributed by atoms with Gasteiger partial charge in [0.05, 0.1) is 6.04 Å². The Morgan fingerprint density at radius 1 is 1.04 bits per heavy atom. The smallest absolute Gasteiger partial charge is 0.407 e. The summed E-state index contributed by atoms with van der Waals surface area (Å²) >= 11 is 0. The summed E-state index contributed by atoms with van der Waals surface area (Å²) in [7, 11) is 0. The first-order chi connectivity index (χ1) is 11.7. The van der Waals surface area contributed by atoms with E-state index in [-0.39, 0.29) is 6.04 Å². The number of carbonyl (C=O) groups is 1. The lowest BCUT2D eigenvalue weighted by Crippen LogP contribution is -2.37. The predicted molar refractivity (Wildman–Crippen MR) is 90.5 cm³/mol. The normalized spacial score (nSPS) is 16.8. The molecule has 1 saturated heterocycles. The average Bonchev–Trinajstić information content (AvgIpc) is 3.09. The van der Waals surface area contributed by atoms with Crippen LogP contribution in [0.4, 0.5) is 4.79 Å². The zero-order valence-corrected chi connectivity index (χ0v) is 13.4. The molecular formula is C19H21NO4. The highest BCUT2D eigenvalue weighted by Crippen LogP contribution is 2.22. The number of benzene rings is 2. The molecule has 0 saturated carbocycles. The van der Waals surface area contributed by atoms with Gasteiger partial charge in [-0.2, -0.15) is 0 Å². The first-order valence-corrected chi connectivity index (χ1v) is 8.11. The summed E-state index contributed by atoms with van der Waals surface area (Å²) in [6.45, 7) is 1.50. The van der Waals surface area contributed by atoms with Crippen molar-refractivity contribution < 1.29 is 19.4 Å². The van der Waals surface area contributed by atoms with Gasteiger partial charge in [0.15, 0.2) is 0 Å². The zero-order valence-electron chi connectivity index (χ0n) is 13.4. The van der Waals surface area contributed by atoms with Crippen LogP contribution in [-0.2, 0) is 6.61 Å². The van der Waals surface area contributed by atoms with Crippen LogP contribution in [0.2, 0.25) is 0 Å². The summed E-state index contributed by atoms with van der Waals surface area (Å²) in [6.07, 6.45) is 0.878. The fourth-order valence-electron chi connectivity index (χ4n) is 2.83. The van der Waals surface area contributed by atoms with Crippen LogP contribution in [0.5, 0.6) is 11.5 Å². The van der Waals surface area contributed by atoms with Gasteiger partial charge >= 0.3 is 6.09 Å². The molecule has 1 aliphatic heterocycles. The molecule has 1 aliphatic rings. The number of ether oxygens (including phenoxy) is 2. The zero-order chi connectivity index (χ0) is 16.8. The van der Waals surface area contributed by atoms with E-state index in [1.54, 1.807) is 0 Å². The minimum atomic E-state index is -0.870. The van der Waals surface area contributed by atoms with Crippen molar-refractivity contribution in [3.05, 3.63) is 60.2 Å². The first kappa shape index (κ1) is 16.2. The van der Waals surface area contributed by atoms with Crippen LogP contribution in [0.1, 0.15) is 18.4 Å². The maximum absolute atomic E-state index is 11.1. The highest BCUT2D eigenvalue weighted by atomic mass is 16.5. The molecule has 0 aromatic heterocycles. The molecule has 1 atom stereocenters. The van der Waals surface area contributed by atoms with E-state index in [4.69, 9.17) is 14.6 Å². The standard InChI is InChI=1S/C19H21NO4/c21-19(22)20-12-4-7-16(20)14-24-18-10-8-17(9-11-18)23-13-15-5-2-1-3-6-15/h1-3,5-6,8-11,16H,4,7,12-14H2,(H,21,22)/t16-/m0/s1. The topological polar surface area (TPSA) is 59.0 Å². The molecule has 0 aliphatic carbocycles. The Labute approximate surface area is 141 Å². The Balaban J connectivity index is 1.48. The summed E-state index contributed by atoms with van der Waals surface area (Å²) in [5, 5.41) is 9.12. The molecule has 1 N–H and O–H groups in total.